The van der Waals surface area contributed by atoms with Crippen molar-refractivity contribution in [3.8, 4) is 22.6 Å². The minimum absolute atomic E-state index is 0.0241. The molecule has 4 rings (SSSR count). The second-order valence-corrected chi connectivity index (χ2v) is 10.7. The Morgan fingerprint density at radius 2 is 1.69 bits per heavy atom. The van der Waals surface area contributed by atoms with Crippen LogP contribution in [0.15, 0.2) is 60.7 Å². The van der Waals surface area contributed by atoms with E-state index in [1.54, 1.807) is 31.2 Å². The number of hydroxylamine groups is 2. The van der Waals surface area contributed by atoms with E-state index < -0.39 is 18.0 Å². The van der Waals surface area contributed by atoms with E-state index in [1.807, 2.05) is 70.2 Å². The molecule has 0 aliphatic carbocycles. The molecule has 3 aromatic rings. The number of rotatable bonds is 9. The van der Waals surface area contributed by atoms with Gasteiger partial charge in [-0.2, -0.15) is 0 Å². The van der Waals surface area contributed by atoms with Gasteiger partial charge < -0.3 is 19.4 Å². The summed E-state index contributed by atoms with van der Waals surface area (Å²) in [5.41, 5.74) is 3.87. The number of hydrogen-bond donors (Lipinski definition) is 1. The average molecular weight is 536 g/mol. The molecular formula is C32H38FNO5. The van der Waals surface area contributed by atoms with Crippen molar-refractivity contribution >= 4 is 5.97 Å². The standard InChI is InChI=1S/C32H38FNO5/c1-19(2)34(20(3)4)39-32(36)21(5)31(35)25-12-11-24-13-16-29(38-30(24)17-25)23-9-7-22(8-10-23)27-18-26(37-6)14-15-28(27)33/h7-12,14-15,17-21,29,31,35H,13,16H2,1-6H3/t21-,29-,31+/m0/s1. The van der Waals surface area contributed by atoms with E-state index in [4.69, 9.17) is 14.3 Å². The van der Waals surface area contributed by atoms with Crippen molar-refractivity contribution in [2.24, 2.45) is 5.92 Å². The Labute approximate surface area is 230 Å². The van der Waals surface area contributed by atoms with Gasteiger partial charge in [-0.15, -0.1) is 5.06 Å². The summed E-state index contributed by atoms with van der Waals surface area (Å²) < 4.78 is 26.0. The lowest BCUT2D eigenvalue weighted by Crippen LogP contribution is -2.40. The van der Waals surface area contributed by atoms with Crippen molar-refractivity contribution in [1.82, 2.24) is 5.06 Å². The lowest BCUT2D eigenvalue weighted by molar-refractivity contribution is -0.216. The second-order valence-electron chi connectivity index (χ2n) is 10.7. The van der Waals surface area contributed by atoms with Crippen molar-refractivity contribution in [2.45, 2.75) is 71.8 Å². The third-order valence-corrected chi connectivity index (χ3v) is 7.20. The van der Waals surface area contributed by atoms with Crippen molar-refractivity contribution in [3.63, 3.8) is 0 Å². The molecule has 3 atom stereocenters. The maximum Gasteiger partial charge on any atom is 0.330 e. The van der Waals surface area contributed by atoms with E-state index in [1.165, 1.54) is 6.07 Å². The van der Waals surface area contributed by atoms with Crippen LogP contribution in [-0.2, 0) is 16.1 Å². The minimum atomic E-state index is -1.04. The number of methoxy groups -OCH3 is 1. The Kier molecular flexibility index (Phi) is 8.93. The van der Waals surface area contributed by atoms with Gasteiger partial charge in [0, 0.05) is 17.6 Å². The van der Waals surface area contributed by atoms with E-state index in [-0.39, 0.29) is 24.0 Å². The summed E-state index contributed by atoms with van der Waals surface area (Å²) in [6, 6.07) is 18.0. The monoisotopic (exact) mass is 535 g/mol. The van der Waals surface area contributed by atoms with Crippen LogP contribution in [0.1, 0.15) is 69.9 Å². The molecular weight excluding hydrogens is 497 g/mol. The Bertz CT molecular complexity index is 1280. The van der Waals surface area contributed by atoms with Gasteiger partial charge in [-0.1, -0.05) is 36.4 Å². The predicted molar refractivity (Wildman–Crippen MR) is 149 cm³/mol. The number of hydrogen-bond acceptors (Lipinski definition) is 6. The SMILES string of the molecule is COc1ccc(F)c(-c2ccc([C@@H]3CCc4ccc([C@H](O)[C@H](C)C(=O)ON(C(C)C)C(C)C)cc4O3)cc2)c1. The van der Waals surface area contributed by atoms with Crippen LogP contribution in [0.25, 0.3) is 11.1 Å². The Morgan fingerprint density at radius 3 is 2.33 bits per heavy atom. The highest BCUT2D eigenvalue weighted by atomic mass is 19.1. The lowest BCUT2D eigenvalue weighted by atomic mass is 9.92. The van der Waals surface area contributed by atoms with Crippen LogP contribution < -0.4 is 9.47 Å². The molecule has 0 saturated carbocycles. The zero-order chi connectivity index (χ0) is 28.3. The van der Waals surface area contributed by atoms with Gasteiger partial charge in [0.2, 0.25) is 0 Å². The summed E-state index contributed by atoms with van der Waals surface area (Å²) in [6.07, 6.45) is 0.398. The van der Waals surface area contributed by atoms with E-state index in [9.17, 15) is 14.3 Å². The van der Waals surface area contributed by atoms with Crippen LogP contribution >= 0.6 is 0 Å². The van der Waals surface area contributed by atoms with Crippen LogP contribution in [0, 0.1) is 11.7 Å². The second kappa shape index (κ2) is 12.2. The molecule has 6 nitrogen and oxygen atoms in total. The van der Waals surface area contributed by atoms with Crippen molar-refractivity contribution in [3.05, 3.63) is 83.2 Å². The van der Waals surface area contributed by atoms with Crippen molar-refractivity contribution in [1.29, 1.82) is 0 Å². The summed E-state index contributed by atoms with van der Waals surface area (Å²) in [5, 5.41) is 12.7. The third-order valence-electron chi connectivity index (χ3n) is 7.20. The molecule has 1 heterocycles. The number of ether oxygens (including phenoxy) is 2. The molecule has 0 radical (unpaired) electrons. The Balaban J connectivity index is 1.47. The summed E-state index contributed by atoms with van der Waals surface area (Å²) in [6.45, 7) is 9.49. The first-order chi connectivity index (χ1) is 18.6. The first-order valence-corrected chi connectivity index (χ1v) is 13.5. The van der Waals surface area contributed by atoms with Gasteiger partial charge in [0.25, 0.3) is 0 Å². The Morgan fingerprint density at radius 1 is 1.00 bits per heavy atom. The number of aryl methyl sites for hydroxylation is 1. The molecule has 39 heavy (non-hydrogen) atoms. The molecule has 1 N–H and O–H groups in total. The molecule has 0 spiro atoms. The number of halogens is 1. The van der Waals surface area contributed by atoms with Gasteiger partial charge in [0.15, 0.2) is 0 Å². The lowest BCUT2D eigenvalue weighted by Gasteiger charge is -2.31. The van der Waals surface area contributed by atoms with Gasteiger partial charge in [-0.05, 0) is 94.0 Å². The number of carbonyl (C=O) groups is 1. The van der Waals surface area contributed by atoms with E-state index in [0.717, 1.165) is 29.5 Å². The molecule has 0 amide bonds. The fraction of sp³-hybridized carbons (Fsp3) is 0.406. The number of carbonyl (C=O) groups excluding carboxylic acids is 1. The minimum Gasteiger partial charge on any atom is -0.497 e. The van der Waals surface area contributed by atoms with Crippen molar-refractivity contribution < 1.29 is 28.6 Å². The average Bonchev–Trinajstić information content (AvgIpc) is 2.94. The van der Waals surface area contributed by atoms with E-state index >= 15 is 0 Å². The highest BCUT2D eigenvalue weighted by Gasteiger charge is 2.30. The molecule has 208 valence electrons. The highest BCUT2D eigenvalue weighted by molar-refractivity contribution is 5.73. The molecule has 0 fully saturated rings. The number of aliphatic hydroxyl groups excluding tert-OH is 1. The molecule has 0 saturated heterocycles. The molecule has 0 unspecified atom stereocenters. The third kappa shape index (κ3) is 6.43. The quantitative estimate of drug-likeness (QED) is 0.304. The van der Waals surface area contributed by atoms with E-state index in [2.05, 4.69) is 0 Å². The predicted octanol–water partition coefficient (Wildman–Crippen LogP) is 6.81. The molecule has 0 bridgehead atoms. The van der Waals surface area contributed by atoms with Crippen LogP contribution in [0.3, 0.4) is 0 Å². The van der Waals surface area contributed by atoms with Crippen LogP contribution in [0.4, 0.5) is 4.39 Å². The van der Waals surface area contributed by atoms with E-state index in [0.29, 0.717) is 22.6 Å². The summed E-state index contributed by atoms with van der Waals surface area (Å²) in [5.74, 6) is -0.254. The Hall–Kier alpha value is -3.42. The first-order valence-electron chi connectivity index (χ1n) is 13.5. The zero-order valence-electron chi connectivity index (χ0n) is 23.5. The topological polar surface area (TPSA) is 68.2 Å². The summed E-state index contributed by atoms with van der Waals surface area (Å²) in [4.78, 5) is 18.4. The number of fused-ring (bicyclic) bond motifs is 1. The van der Waals surface area contributed by atoms with Crippen LogP contribution in [0.2, 0.25) is 0 Å². The molecule has 0 aromatic heterocycles. The van der Waals surface area contributed by atoms with Crippen LogP contribution in [-0.4, -0.2) is 35.3 Å². The van der Waals surface area contributed by atoms with Gasteiger partial charge in [0.05, 0.1) is 19.1 Å². The van der Waals surface area contributed by atoms with Gasteiger partial charge in [0.1, 0.15) is 23.4 Å². The van der Waals surface area contributed by atoms with Crippen LogP contribution in [0.5, 0.6) is 11.5 Å². The zero-order valence-corrected chi connectivity index (χ0v) is 23.5. The molecule has 1 aliphatic heterocycles. The fourth-order valence-corrected chi connectivity index (χ4v) is 4.95. The fourth-order valence-electron chi connectivity index (χ4n) is 4.95. The van der Waals surface area contributed by atoms with Crippen molar-refractivity contribution in [2.75, 3.05) is 7.11 Å². The summed E-state index contributed by atoms with van der Waals surface area (Å²) in [7, 11) is 1.56. The van der Waals surface area contributed by atoms with Gasteiger partial charge in [-0.3, -0.25) is 0 Å². The molecule has 3 aromatic carbocycles. The normalized spacial score (nSPS) is 16.5. The maximum atomic E-state index is 14.4. The van der Waals surface area contributed by atoms with Gasteiger partial charge >= 0.3 is 5.97 Å². The molecule has 1 aliphatic rings. The largest absolute Gasteiger partial charge is 0.497 e. The molecule has 7 heteroatoms. The highest BCUT2D eigenvalue weighted by Crippen LogP contribution is 2.38. The van der Waals surface area contributed by atoms with Gasteiger partial charge in [-0.25, -0.2) is 9.18 Å². The number of benzene rings is 3. The smallest absolute Gasteiger partial charge is 0.330 e. The first kappa shape index (κ1) is 28.6. The maximum absolute atomic E-state index is 14.4. The summed E-state index contributed by atoms with van der Waals surface area (Å²) >= 11 is 0. The number of aliphatic hydroxyl groups is 1. The number of nitrogens with zero attached hydrogens (tertiary/aromatic N) is 1.